The quantitative estimate of drug-likeness (QED) is 0.881. The van der Waals surface area contributed by atoms with Crippen LogP contribution in [0.25, 0.3) is 0 Å². The van der Waals surface area contributed by atoms with Crippen LogP contribution in [0.1, 0.15) is 18.2 Å². The van der Waals surface area contributed by atoms with Gasteiger partial charge in [0.15, 0.2) is 12.4 Å². The number of hydrogen-bond donors (Lipinski definition) is 2. The molecule has 0 spiro atoms. The summed E-state index contributed by atoms with van der Waals surface area (Å²) in [6.45, 7) is 3.94. The SMILES string of the molecule is CCc1cc(NC(=O)COc2ccc(C)cc2Br)n[nH]1. The summed E-state index contributed by atoms with van der Waals surface area (Å²) in [7, 11) is 0. The van der Waals surface area contributed by atoms with Crippen molar-refractivity contribution >= 4 is 27.7 Å². The third-order valence-electron chi connectivity index (χ3n) is 2.73. The monoisotopic (exact) mass is 337 g/mol. The van der Waals surface area contributed by atoms with Crippen molar-refractivity contribution in [2.24, 2.45) is 0 Å². The first-order valence-corrected chi connectivity index (χ1v) is 7.11. The Morgan fingerprint density at radius 2 is 2.25 bits per heavy atom. The topological polar surface area (TPSA) is 67.0 Å². The van der Waals surface area contributed by atoms with E-state index in [1.54, 1.807) is 6.07 Å². The summed E-state index contributed by atoms with van der Waals surface area (Å²) in [4.78, 5) is 11.8. The zero-order valence-electron chi connectivity index (χ0n) is 11.4. The van der Waals surface area contributed by atoms with Crippen LogP contribution < -0.4 is 10.1 Å². The Kier molecular flexibility index (Phi) is 4.79. The Morgan fingerprint density at radius 3 is 2.90 bits per heavy atom. The number of amides is 1. The third kappa shape index (κ3) is 3.84. The molecule has 1 heterocycles. The van der Waals surface area contributed by atoms with Gasteiger partial charge in [-0.05, 0) is 47.0 Å². The number of halogens is 1. The molecule has 0 bridgehead atoms. The maximum Gasteiger partial charge on any atom is 0.263 e. The minimum atomic E-state index is -0.244. The molecule has 0 aliphatic carbocycles. The maximum atomic E-state index is 11.8. The molecule has 20 heavy (non-hydrogen) atoms. The van der Waals surface area contributed by atoms with Gasteiger partial charge in [-0.15, -0.1) is 0 Å². The lowest BCUT2D eigenvalue weighted by molar-refractivity contribution is -0.118. The molecule has 2 N–H and O–H groups in total. The minimum Gasteiger partial charge on any atom is -0.483 e. The van der Waals surface area contributed by atoms with Gasteiger partial charge in [0.25, 0.3) is 5.91 Å². The summed E-state index contributed by atoms with van der Waals surface area (Å²) in [6.07, 6.45) is 0.843. The van der Waals surface area contributed by atoms with Gasteiger partial charge in [0.05, 0.1) is 4.47 Å². The minimum absolute atomic E-state index is 0.0595. The number of benzene rings is 1. The highest BCUT2D eigenvalue weighted by molar-refractivity contribution is 9.10. The van der Waals surface area contributed by atoms with Crippen LogP contribution in [-0.2, 0) is 11.2 Å². The number of rotatable bonds is 5. The van der Waals surface area contributed by atoms with Gasteiger partial charge in [0, 0.05) is 11.8 Å². The first-order valence-electron chi connectivity index (χ1n) is 6.31. The standard InChI is InChI=1S/C14H16BrN3O2/c1-3-10-7-13(18-17-10)16-14(19)8-20-12-5-4-9(2)6-11(12)15/h4-7H,3,8H2,1-2H3,(H2,16,17,18,19). The van der Waals surface area contributed by atoms with Gasteiger partial charge in [-0.1, -0.05) is 13.0 Å². The fraction of sp³-hybridized carbons (Fsp3) is 0.286. The number of aromatic amines is 1. The number of aromatic nitrogens is 2. The molecule has 106 valence electrons. The summed E-state index contributed by atoms with van der Waals surface area (Å²) in [5, 5.41) is 9.50. The van der Waals surface area contributed by atoms with Crippen LogP contribution in [0.4, 0.5) is 5.82 Å². The molecule has 0 radical (unpaired) electrons. The second-order valence-electron chi connectivity index (χ2n) is 4.40. The lowest BCUT2D eigenvalue weighted by atomic mass is 10.2. The van der Waals surface area contributed by atoms with Gasteiger partial charge in [-0.2, -0.15) is 5.10 Å². The number of carbonyl (C=O) groups is 1. The van der Waals surface area contributed by atoms with Crippen molar-refractivity contribution < 1.29 is 9.53 Å². The molecule has 0 saturated carbocycles. The van der Waals surface area contributed by atoms with Crippen molar-refractivity contribution in [3.05, 3.63) is 40.0 Å². The maximum absolute atomic E-state index is 11.8. The van der Waals surface area contributed by atoms with E-state index in [0.717, 1.165) is 22.2 Å². The highest BCUT2D eigenvalue weighted by Crippen LogP contribution is 2.25. The van der Waals surface area contributed by atoms with E-state index >= 15 is 0 Å². The van der Waals surface area contributed by atoms with Crippen LogP contribution in [0.15, 0.2) is 28.7 Å². The first-order chi connectivity index (χ1) is 9.58. The number of nitrogens with one attached hydrogen (secondary N) is 2. The zero-order valence-corrected chi connectivity index (χ0v) is 13.0. The Bertz CT molecular complexity index is 610. The van der Waals surface area contributed by atoms with Crippen molar-refractivity contribution in [1.82, 2.24) is 10.2 Å². The molecule has 0 saturated heterocycles. The van der Waals surface area contributed by atoms with Gasteiger partial charge in [0.1, 0.15) is 5.75 Å². The Morgan fingerprint density at radius 1 is 1.45 bits per heavy atom. The number of anilines is 1. The molecule has 0 aliphatic rings. The molecule has 2 aromatic rings. The van der Waals surface area contributed by atoms with Crippen LogP contribution in [0, 0.1) is 6.92 Å². The van der Waals surface area contributed by atoms with Crippen molar-refractivity contribution in [2.45, 2.75) is 20.3 Å². The van der Waals surface area contributed by atoms with Gasteiger partial charge in [-0.25, -0.2) is 0 Å². The predicted molar refractivity (Wildman–Crippen MR) is 81.0 cm³/mol. The summed E-state index contributed by atoms with van der Waals surface area (Å²) in [5.74, 6) is 0.909. The number of ether oxygens (including phenoxy) is 1. The first kappa shape index (κ1) is 14.6. The van der Waals surface area contributed by atoms with E-state index in [2.05, 4.69) is 31.4 Å². The van der Waals surface area contributed by atoms with Gasteiger partial charge >= 0.3 is 0 Å². The van der Waals surface area contributed by atoms with Crippen LogP contribution in [0.2, 0.25) is 0 Å². The Labute approximate surface area is 125 Å². The summed E-state index contributed by atoms with van der Waals surface area (Å²) < 4.78 is 6.29. The largest absolute Gasteiger partial charge is 0.483 e. The second kappa shape index (κ2) is 6.56. The number of H-pyrrole nitrogens is 1. The van der Waals surface area contributed by atoms with Crippen molar-refractivity contribution in [2.75, 3.05) is 11.9 Å². The van der Waals surface area contributed by atoms with Crippen molar-refractivity contribution in [1.29, 1.82) is 0 Å². The number of aryl methyl sites for hydroxylation is 2. The molecule has 2 rings (SSSR count). The average molecular weight is 338 g/mol. The highest BCUT2D eigenvalue weighted by Gasteiger charge is 2.08. The van der Waals surface area contributed by atoms with E-state index < -0.39 is 0 Å². The molecule has 0 fully saturated rings. The zero-order chi connectivity index (χ0) is 14.5. The average Bonchev–Trinajstić information content (AvgIpc) is 2.85. The van der Waals surface area contributed by atoms with E-state index in [9.17, 15) is 4.79 Å². The van der Waals surface area contributed by atoms with E-state index in [-0.39, 0.29) is 12.5 Å². The van der Waals surface area contributed by atoms with Crippen molar-refractivity contribution in [3.8, 4) is 5.75 Å². The fourth-order valence-electron chi connectivity index (χ4n) is 1.65. The number of nitrogens with zero attached hydrogens (tertiary/aromatic N) is 1. The fourth-order valence-corrected chi connectivity index (χ4v) is 2.26. The number of hydrogen-bond acceptors (Lipinski definition) is 3. The molecule has 1 aromatic heterocycles. The second-order valence-corrected chi connectivity index (χ2v) is 5.26. The molecule has 1 aromatic carbocycles. The van der Waals surface area contributed by atoms with Gasteiger partial charge in [0.2, 0.25) is 0 Å². The molecule has 6 heteroatoms. The van der Waals surface area contributed by atoms with Crippen LogP contribution >= 0.6 is 15.9 Å². The van der Waals surface area contributed by atoms with E-state index in [0.29, 0.717) is 11.6 Å². The third-order valence-corrected chi connectivity index (χ3v) is 3.35. The smallest absolute Gasteiger partial charge is 0.263 e. The molecular weight excluding hydrogens is 322 g/mol. The highest BCUT2D eigenvalue weighted by atomic mass is 79.9. The van der Waals surface area contributed by atoms with Gasteiger partial charge in [-0.3, -0.25) is 9.89 Å². The molecule has 0 aliphatic heterocycles. The molecule has 0 atom stereocenters. The number of carbonyl (C=O) groups excluding carboxylic acids is 1. The summed E-state index contributed by atoms with van der Waals surface area (Å²) in [6, 6.07) is 7.50. The summed E-state index contributed by atoms with van der Waals surface area (Å²) in [5.41, 5.74) is 2.10. The van der Waals surface area contributed by atoms with Crippen molar-refractivity contribution in [3.63, 3.8) is 0 Å². The van der Waals surface area contributed by atoms with E-state index in [1.807, 2.05) is 32.0 Å². The van der Waals surface area contributed by atoms with Crippen LogP contribution in [0.5, 0.6) is 5.75 Å². The molecule has 1 amide bonds. The summed E-state index contributed by atoms with van der Waals surface area (Å²) >= 11 is 3.40. The molecule has 0 unspecified atom stereocenters. The van der Waals surface area contributed by atoms with E-state index in [1.165, 1.54) is 0 Å². The van der Waals surface area contributed by atoms with Gasteiger partial charge < -0.3 is 10.1 Å². The Balaban J connectivity index is 1.88. The Hall–Kier alpha value is -1.82. The van der Waals surface area contributed by atoms with Crippen LogP contribution in [-0.4, -0.2) is 22.7 Å². The normalized spacial score (nSPS) is 10.3. The lowest BCUT2D eigenvalue weighted by Crippen LogP contribution is -2.20. The van der Waals surface area contributed by atoms with Crippen LogP contribution in [0.3, 0.4) is 0 Å². The van der Waals surface area contributed by atoms with E-state index in [4.69, 9.17) is 4.74 Å². The predicted octanol–water partition coefficient (Wildman–Crippen LogP) is 3.06. The molecular formula is C14H16BrN3O2. The molecule has 5 nitrogen and oxygen atoms in total. The lowest BCUT2D eigenvalue weighted by Gasteiger charge is -2.08.